The van der Waals surface area contributed by atoms with Crippen LogP contribution in [-0.2, 0) is 14.2 Å². The summed E-state index contributed by atoms with van der Waals surface area (Å²) in [5.41, 5.74) is 0.684. The highest BCUT2D eigenvalue weighted by molar-refractivity contribution is 9.69. The molecule has 0 aliphatic carbocycles. The number of halogens is 5. The van der Waals surface area contributed by atoms with Crippen LogP contribution in [0, 0.1) is 0 Å². The van der Waals surface area contributed by atoms with E-state index in [0.29, 0.717) is 6.90 Å². The van der Waals surface area contributed by atoms with Crippen molar-refractivity contribution in [2.75, 3.05) is 21.3 Å². The Labute approximate surface area is 240 Å². The number of methoxy groups -OCH3 is 3. The van der Waals surface area contributed by atoms with Crippen molar-refractivity contribution in [3.8, 4) is 0 Å². The van der Waals surface area contributed by atoms with Crippen molar-refractivity contribution in [2.24, 2.45) is 0 Å². The summed E-state index contributed by atoms with van der Waals surface area (Å²) in [7, 11) is 3.76. The molecular formula is C21H22BBr3Cl2O8. The van der Waals surface area contributed by atoms with Crippen LogP contribution in [0.2, 0.25) is 10.0 Å². The third-order valence-electron chi connectivity index (χ3n) is 3.42. The van der Waals surface area contributed by atoms with Gasteiger partial charge in [-0.25, -0.2) is 19.2 Å². The monoisotopic (exact) mass is 721 g/mol. The van der Waals surface area contributed by atoms with Crippen molar-refractivity contribution >= 4 is 97.5 Å². The van der Waals surface area contributed by atoms with Crippen molar-refractivity contribution in [2.45, 2.75) is 13.8 Å². The Hall–Kier alpha value is -1.60. The van der Waals surface area contributed by atoms with Crippen LogP contribution in [0.15, 0.2) is 36.4 Å². The van der Waals surface area contributed by atoms with Gasteiger partial charge in [-0.05, 0) is 36.4 Å². The van der Waals surface area contributed by atoms with Crippen LogP contribution in [-0.4, -0.2) is 53.5 Å². The molecule has 0 spiro atoms. The topological polar surface area (TPSA) is 116 Å². The van der Waals surface area contributed by atoms with Gasteiger partial charge < -0.3 is 19.3 Å². The van der Waals surface area contributed by atoms with Crippen LogP contribution in [0.25, 0.3) is 0 Å². The van der Waals surface area contributed by atoms with E-state index < -0.39 is 23.9 Å². The molecule has 0 radical (unpaired) electrons. The number of aromatic carboxylic acids is 1. The van der Waals surface area contributed by atoms with E-state index in [0.717, 1.165) is 0 Å². The molecule has 192 valence electrons. The number of hydrogen-bond donors (Lipinski definition) is 1. The molecule has 2 aromatic carbocycles. The summed E-state index contributed by atoms with van der Waals surface area (Å²) >= 11 is 20.7. The highest BCUT2D eigenvalue weighted by Gasteiger charge is 2.14. The van der Waals surface area contributed by atoms with E-state index in [4.69, 9.17) is 29.7 Å². The standard InChI is InChI=1S/C10H9ClO4.C9H7ClO4.C2H6.BBr3/c1-14-9(12)6-3-4-7(8(11)5-6)10(13)15-2;1-14-9(13)5-2-3-6(8(11)12)7(10)4-5;1-2;2-1(3)4/h3-5H,1-2H3;2-4H,1H3,(H,11,12);1-2H3;/i;;1D;. The van der Waals surface area contributed by atoms with Gasteiger partial charge in [-0.3, -0.25) is 0 Å². The van der Waals surface area contributed by atoms with Crippen molar-refractivity contribution in [3.05, 3.63) is 68.7 Å². The quantitative estimate of drug-likeness (QED) is 0.205. The van der Waals surface area contributed by atoms with Crippen LogP contribution in [0.3, 0.4) is 0 Å². The van der Waals surface area contributed by atoms with Gasteiger partial charge in [0.25, 0.3) is 0 Å². The van der Waals surface area contributed by atoms with E-state index >= 15 is 0 Å². The first kappa shape index (κ1) is 33.4. The fourth-order valence-corrected chi connectivity index (χ4v) is 2.49. The minimum absolute atomic E-state index is 0.0143. The number of esters is 3. The first-order valence-corrected chi connectivity index (χ1v) is 12.6. The van der Waals surface area contributed by atoms with Gasteiger partial charge in [0.05, 0.1) is 53.6 Å². The van der Waals surface area contributed by atoms with Gasteiger partial charge >= 0.3 is 27.1 Å². The first-order chi connectivity index (χ1) is 16.8. The maximum atomic E-state index is 11.2. The second-order valence-electron chi connectivity index (χ2n) is 5.42. The lowest BCUT2D eigenvalue weighted by atomic mass is 10.1. The molecular weight excluding hydrogens is 702 g/mol. The van der Waals surface area contributed by atoms with E-state index in [-0.39, 0.29) is 35.5 Å². The van der Waals surface area contributed by atoms with E-state index in [2.05, 4.69) is 61.5 Å². The third kappa shape index (κ3) is 13.9. The predicted octanol–water partition coefficient (Wildman–Crippen LogP) is 6.92. The SMILES string of the molecule is BrB(Br)Br.COC(=O)c1ccc(C(=O)O)c(Cl)c1.COC(=O)c1ccc(C(=O)OC)c(Cl)c1.[2H]CC. The van der Waals surface area contributed by atoms with E-state index in [1.807, 2.05) is 0 Å². The summed E-state index contributed by atoms with van der Waals surface area (Å²) < 4.78 is 19.9. The minimum Gasteiger partial charge on any atom is -0.478 e. The maximum absolute atomic E-state index is 11.2. The van der Waals surface area contributed by atoms with E-state index in [9.17, 15) is 19.2 Å². The van der Waals surface area contributed by atoms with Crippen LogP contribution < -0.4 is 0 Å². The Morgan fingerprint density at radius 2 is 1.11 bits per heavy atom. The highest BCUT2D eigenvalue weighted by atomic mass is 79.9. The Bertz CT molecular complexity index is 1030. The molecule has 1 N–H and O–H groups in total. The van der Waals surface area contributed by atoms with Crippen molar-refractivity contribution in [3.63, 3.8) is 0 Å². The molecule has 0 unspecified atom stereocenters. The normalized spacial score (nSPS) is 9.23. The number of ether oxygens (including phenoxy) is 3. The minimum atomic E-state index is -1.13. The average Bonchev–Trinajstić information content (AvgIpc) is 2.82. The van der Waals surface area contributed by atoms with Crippen molar-refractivity contribution in [1.29, 1.82) is 0 Å². The van der Waals surface area contributed by atoms with Gasteiger partial charge in [-0.2, -0.15) is 0 Å². The van der Waals surface area contributed by atoms with E-state index in [1.165, 1.54) is 57.7 Å². The van der Waals surface area contributed by atoms with Gasteiger partial charge in [0.15, 0.2) is 0 Å². The molecule has 0 saturated carbocycles. The van der Waals surface area contributed by atoms with E-state index in [1.54, 1.807) is 6.92 Å². The molecule has 0 amide bonds. The molecule has 14 heteroatoms. The molecule has 0 atom stereocenters. The number of carboxylic acids is 1. The summed E-state index contributed by atoms with van der Waals surface area (Å²) in [6.45, 7) is 2.29. The fourth-order valence-electron chi connectivity index (χ4n) is 1.97. The predicted molar refractivity (Wildman–Crippen MR) is 148 cm³/mol. The second-order valence-corrected chi connectivity index (χ2v) is 12.7. The molecule has 0 bridgehead atoms. The van der Waals surface area contributed by atoms with Crippen LogP contribution >= 0.6 is 70.5 Å². The van der Waals surface area contributed by atoms with Gasteiger partial charge in [0, 0.05) is 1.37 Å². The second kappa shape index (κ2) is 19.6. The average molecular weight is 725 g/mol. The zero-order chi connectivity index (χ0) is 28.4. The number of hydrogen-bond acceptors (Lipinski definition) is 7. The number of carbonyl (C=O) groups is 4. The zero-order valence-electron chi connectivity index (χ0n) is 19.9. The number of carbonyl (C=O) groups excluding carboxylic acids is 3. The number of benzene rings is 2. The van der Waals surface area contributed by atoms with Gasteiger partial charge in [-0.1, -0.05) is 37.0 Å². The molecule has 35 heavy (non-hydrogen) atoms. The van der Waals surface area contributed by atoms with Gasteiger partial charge in [0.1, 0.15) is 0 Å². The molecule has 0 aromatic heterocycles. The molecule has 0 heterocycles. The lowest BCUT2D eigenvalue weighted by Gasteiger charge is -2.04. The summed E-state index contributed by atoms with van der Waals surface area (Å²) in [6.07, 6.45) is 0. The highest BCUT2D eigenvalue weighted by Crippen LogP contribution is 2.19. The largest absolute Gasteiger partial charge is 0.478 e. The molecule has 2 aromatic rings. The molecule has 2 rings (SSSR count). The van der Waals surface area contributed by atoms with Crippen LogP contribution in [0.1, 0.15) is 56.6 Å². The van der Waals surface area contributed by atoms with Gasteiger partial charge in [-0.15, -0.1) is 47.3 Å². The van der Waals surface area contributed by atoms with Crippen molar-refractivity contribution in [1.82, 2.24) is 0 Å². The molecule has 0 fully saturated rings. The summed E-state index contributed by atoms with van der Waals surface area (Å²) in [5, 5.41) is 8.82. The molecule has 8 nitrogen and oxygen atoms in total. The Kier molecular flexibility index (Phi) is 18.7. The third-order valence-corrected chi connectivity index (χ3v) is 4.04. The Morgan fingerprint density at radius 1 is 0.800 bits per heavy atom. The fraction of sp³-hybridized carbons (Fsp3) is 0.238. The Morgan fingerprint density at radius 3 is 1.37 bits per heavy atom. The van der Waals surface area contributed by atoms with Crippen LogP contribution in [0.5, 0.6) is 0 Å². The van der Waals surface area contributed by atoms with Crippen molar-refractivity contribution < 1.29 is 39.9 Å². The summed E-state index contributed by atoms with van der Waals surface area (Å²) in [5.74, 6) is -2.74. The summed E-state index contributed by atoms with van der Waals surface area (Å²) in [4.78, 5) is 43.9. The smallest absolute Gasteiger partial charge is 0.369 e. The summed E-state index contributed by atoms with van der Waals surface area (Å²) in [6, 6.07) is 8.10. The maximum Gasteiger partial charge on any atom is 0.369 e. The zero-order valence-corrected chi connectivity index (χ0v) is 25.2. The van der Waals surface area contributed by atoms with Crippen LogP contribution in [0.4, 0.5) is 0 Å². The lowest BCUT2D eigenvalue weighted by Crippen LogP contribution is -2.05. The number of rotatable bonds is 4. The first-order valence-electron chi connectivity index (χ1n) is 9.80. The Balaban J connectivity index is 0. The van der Waals surface area contributed by atoms with Gasteiger partial charge in [0.2, 0.25) is 0 Å². The lowest BCUT2D eigenvalue weighted by molar-refractivity contribution is 0.0587. The number of carboxylic acid groups (broad SMARTS) is 1. The molecule has 0 aliphatic heterocycles. The molecule has 0 aliphatic rings. The molecule has 0 saturated heterocycles.